The molecule has 2 aromatic rings. The van der Waals surface area contributed by atoms with Crippen molar-refractivity contribution in [3.63, 3.8) is 0 Å². The SMILES string of the molecule is N#CC(C#N)=CNc1ccc(Oc2cccc(Br)c2)c(F)c1. The average molecular weight is 358 g/mol. The van der Waals surface area contributed by atoms with Gasteiger partial charge in [0, 0.05) is 22.4 Å². The third-order valence-electron chi connectivity index (χ3n) is 2.58. The van der Waals surface area contributed by atoms with E-state index in [-0.39, 0.29) is 11.3 Å². The molecule has 108 valence electrons. The first-order valence-electron chi connectivity index (χ1n) is 6.12. The molecule has 22 heavy (non-hydrogen) atoms. The number of hydrogen-bond donors (Lipinski definition) is 1. The Kier molecular flexibility index (Phi) is 5.13. The highest BCUT2D eigenvalue weighted by Crippen LogP contribution is 2.28. The number of allylic oxidation sites excluding steroid dienone is 1. The van der Waals surface area contributed by atoms with Crippen LogP contribution in [0.3, 0.4) is 0 Å². The molecule has 4 nitrogen and oxygen atoms in total. The Hall–Kier alpha value is -2.83. The molecule has 0 saturated heterocycles. The van der Waals surface area contributed by atoms with Gasteiger partial charge in [0.15, 0.2) is 11.6 Å². The van der Waals surface area contributed by atoms with E-state index >= 15 is 0 Å². The van der Waals surface area contributed by atoms with Crippen molar-refractivity contribution in [3.05, 3.63) is 64.5 Å². The van der Waals surface area contributed by atoms with Crippen molar-refractivity contribution >= 4 is 21.6 Å². The molecule has 0 aliphatic heterocycles. The number of rotatable bonds is 4. The lowest BCUT2D eigenvalue weighted by Gasteiger charge is -2.08. The van der Waals surface area contributed by atoms with Crippen LogP contribution < -0.4 is 10.1 Å². The molecule has 0 radical (unpaired) electrons. The standard InChI is InChI=1S/C16H9BrFN3O/c17-12-2-1-3-14(6-12)22-16-5-4-13(7-15(16)18)21-10-11(8-19)9-20/h1-7,10,21H. The summed E-state index contributed by atoms with van der Waals surface area (Å²) in [6.07, 6.45) is 1.21. The molecule has 1 N–H and O–H groups in total. The van der Waals surface area contributed by atoms with E-state index in [1.165, 1.54) is 18.3 Å². The molecule has 0 unspecified atom stereocenters. The number of nitrogens with zero attached hydrogens (tertiary/aromatic N) is 2. The fourth-order valence-electron chi connectivity index (χ4n) is 1.58. The lowest BCUT2D eigenvalue weighted by Crippen LogP contribution is -1.93. The predicted molar refractivity (Wildman–Crippen MR) is 83.5 cm³/mol. The van der Waals surface area contributed by atoms with Crippen LogP contribution in [0.5, 0.6) is 11.5 Å². The second-order valence-electron chi connectivity index (χ2n) is 4.13. The summed E-state index contributed by atoms with van der Waals surface area (Å²) in [7, 11) is 0. The maximum atomic E-state index is 14.0. The molecule has 2 aromatic carbocycles. The Balaban J connectivity index is 2.15. The van der Waals surface area contributed by atoms with Crippen LogP contribution in [0.25, 0.3) is 0 Å². The summed E-state index contributed by atoms with van der Waals surface area (Å²) >= 11 is 3.31. The van der Waals surface area contributed by atoms with E-state index < -0.39 is 5.82 Å². The Morgan fingerprint density at radius 3 is 2.59 bits per heavy atom. The van der Waals surface area contributed by atoms with Crippen LogP contribution in [0, 0.1) is 28.5 Å². The normalized spacial score (nSPS) is 9.27. The lowest BCUT2D eigenvalue weighted by molar-refractivity contribution is 0.442. The van der Waals surface area contributed by atoms with E-state index in [0.29, 0.717) is 11.4 Å². The Bertz CT molecular complexity index is 790. The summed E-state index contributed by atoms with van der Waals surface area (Å²) in [6.45, 7) is 0. The molecule has 0 fully saturated rings. The van der Waals surface area contributed by atoms with E-state index in [0.717, 1.165) is 4.47 Å². The number of nitriles is 2. The molecule has 0 saturated carbocycles. The first-order valence-corrected chi connectivity index (χ1v) is 6.91. The molecule has 6 heteroatoms. The van der Waals surface area contributed by atoms with Crippen molar-refractivity contribution < 1.29 is 9.13 Å². The van der Waals surface area contributed by atoms with E-state index in [9.17, 15) is 4.39 Å². The summed E-state index contributed by atoms with van der Waals surface area (Å²) in [4.78, 5) is 0. The number of nitrogens with one attached hydrogen (secondary N) is 1. The molecule has 0 aliphatic rings. The highest BCUT2D eigenvalue weighted by atomic mass is 79.9. The topological polar surface area (TPSA) is 68.8 Å². The van der Waals surface area contributed by atoms with Crippen LogP contribution in [0.2, 0.25) is 0 Å². The van der Waals surface area contributed by atoms with Gasteiger partial charge >= 0.3 is 0 Å². The highest BCUT2D eigenvalue weighted by molar-refractivity contribution is 9.10. The Morgan fingerprint density at radius 2 is 1.95 bits per heavy atom. The zero-order chi connectivity index (χ0) is 15.9. The van der Waals surface area contributed by atoms with Crippen molar-refractivity contribution in [2.45, 2.75) is 0 Å². The van der Waals surface area contributed by atoms with E-state index in [2.05, 4.69) is 21.2 Å². The zero-order valence-corrected chi connectivity index (χ0v) is 12.8. The molecule has 0 amide bonds. The van der Waals surface area contributed by atoms with Crippen molar-refractivity contribution in [3.8, 4) is 23.6 Å². The quantitative estimate of drug-likeness (QED) is 0.803. The Labute approximate surface area is 135 Å². The summed E-state index contributed by atoms with van der Waals surface area (Å²) in [5.41, 5.74) is 0.303. The number of halogens is 2. The average Bonchev–Trinajstić information content (AvgIpc) is 2.51. The van der Waals surface area contributed by atoms with Crippen LogP contribution >= 0.6 is 15.9 Å². The largest absolute Gasteiger partial charge is 0.454 e. The third kappa shape index (κ3) is 4.08. The van der Waals surface area contributed by atoms with Gasteiger partial charge in [0.05, 0.1) is 0 Å². The van der Waals surface area contributed by atoms with Gasteiger partial charge in [-0.05, 0) is 30.3 Å². The molecule has 0 aromatic heterocycles. The maximum absolute atomic E-state index is 14.0. The number of anilines is 1. The van der Waals surface area contributed by atoms with Crippen LogP contribution in [-0.2, 0) is 0 Å². The minimum Gasteiger partial charge on any atom is -0.454 e. The predicted octanol–water partition coefficient (Wildman–Crippen LogP) is 4.72. The van der Waals surface area contributed by atoms with Crippen LogP contribution in [0.15, 0.2) is 58.7 Å². The first kappa shape index (κ1) is 15.6. The number of ether oxygens (including phenoxy) is 1. The number of benzene rings is 2. The Morgan fingerprint density at radius 1 is 1.18 bits per heavy atom. The maximum Gasteiger partial charge on any atom is 0.167 e. The molecule has 2 rings (SSSR count). The summed E-state index contributed by atoms with van der Waals surface area (Å²) in [5.74, 6) is 0.0207. The fraction of sp³-hybridized carbons (Fsp3) is 0. The van der Waals surface area contributed by atoms with Gasteiger partial charge in [-0.25, -0.2) is 4.39 Å². The van der Waals surface area contributed by atoms with Gasteiger partial charge in [0.1, 0.15) is 23.5 Å². The molecular weight excluding hydrogens is 349 g/mol. The van der Waals surface area contributed by atoms with Crippen LogP contribution in [0.4, 0.5) is 10.1 Å². The lowest BCUT2D eigenvalue weighted by atomic mass is 10.2. The minimum atomic E-state index is -0.561. The highest BCUT2D eigenvalue weighted by Gasteiger charge is 2.06. The second-order valence-corrected chi connectivity index (χ2v) is 5.05. The van der Waals surface area contributed by atoms with Crippen LogP contribution in [0.1, 0.15) is 0 Å². The molecule has 0 aliphatic carbocycles. The zero-order valence-electron chi connectivity index (χ0n) is 11.2. The molecule has 0 atom stereocenters. The molecule has 0 bridgehead atoms. The second kappa shape index (κ2) is 7.26. The van der Waals surface area contributed by atoms with Crippen molar-refractivity contribution in [2.75, 3.05) is 5.32 Å². The van der Waals surface area contributed by atoms with Gasteiger partial charge in [-0.15, -0.1) is 0 Å². The van der Waals surface area contributed by atoms with Gasteiger partial charge in [0.25, 0.3) is 0 Å². The summed E-state index contributed by atoms with van der Waals surface area (Å²) in [6, 6.07) is 14.7. The van der Waals surface area contributed by atoms with E-state index in [4.69, 9.17) is 15.3 Å². The first-order chi connectivity index (χ1) is 10.6. The summed E-state index contributed by atoms with van der Waals surface area (Å²) < 4.78 is 20.3. The minimum absolute atomic E-state index is 0.0772. The molecule has 0 heterocycles. The van der Waals surface area contributed by atoms with Crippen molar-refractivity contribution in [1.29, 1.82) is 10.5 Å². The molecular formula is C16H9BrFN3O. The smallest absolute Gasteiger partial charge is 0.167 e. The van der Waals surface area contributed by atoms with Crippen LogP contribution in [-0.4, -0.2) is 0 Å². The van der Waals surface area contributed by atoms with Crippen molar-refractivity contribution in [2.24, 2.45) is 0 Å². The van der Waals surface area contributed by atoms with Gasteiger partial charge < -0.3 is 10.1 Å². The number of hydrogen-bond acceptors (Lipinski definition) is 4. The monoisotopic (exact) mass is 357 g/mol. The van der Waals surface area contributed by atoms with Gasteiger partial charge in [-0.1, -0.05) is 22.0 Å². The summed E-state index contributed by atoms with van der Waals surface area (Å²) in [5, 5.41) is 19.9. The van der Waals surface area contributed by atoms with Gasteiger partial charge in [-0.3, -0.25) is 0 Å². The fourth-order valence-corrected chi connectivity index (χ4v) is 1.95. The van der Waals surface area contributed by atoms with Crippen molar-refractivity contribution in [1.82, 2.24) is 0 Å². The third-order valence-corrected chi connectivity index (χ3v) is 3.07. The van der Waals surface area contributed by atoms with E-state index in [1.807, 2.05) is 6.07 Å². The van der Waals surface area contributed by atoms with Gasteiger partial charge in [0.2, 0.25) is 0 Å². The molecule has 0 spiro atoms. The van der Waals surface area contributed by atoms with E-state index in [1.54, 1.807) is 36.4 Å². The van der Waals surface area contributed by atoms with Gasteiger partial charge in [-0.2, -0.15) is 10.5 Å².